The van der Waals surface area contributed by atoms with Crippen LogP contribution in [-0.2, 0) is 9.47 Å². The zero-order valence-corrected chi connectivity index (χ0v) is 15.2. The van der Waals surface area contributed by atoms with Crippen LogP contribution in [0.5, 0.6) is 0 Å². The standard InChI is InChI=1S/C17H32N2O4/c1-6-8-23-15(21)19-13-9-16(3,4)11-17(5,10-13)12-18-14(20)22-7-2/h13H,6-12H2,1-5H3,(H,18,20)(H,19,21). The van der Waals surface area contributed by atoms with Crippen molar-refractivity contribution < 1.29 is 19.1 Å². The molecule has 1 fully saturated rings. The van der Waals surface area contributed by atoms with Crippen LogP contribution in [0.2, 0.25) is 0 Å². The van der Waals surface area contributed by atoms with Gasteiger partial charge in [-0.05, 0) is 43.4 Å². The third-order valence-corrected chi connectivity index (χ3v) is 4.14. The number of ether oxygens (including phenoxy) is 2. The summed E-state index contributed by atoms with van der Waals surface area (Å²) in [5.41, 5.74) is 0.00323. The fourth-order valence-corrected chi connectivity index (χ4v) is 3.74. The van der Waals surface area contributed by atoms with Gasteiger partial charge in [0.25, 0.3) is 0 Å². The molecule has 6 nitrogen and oxygen atoms in total. The third kappa shape index (κ3) is 7.10. The van der Waals surface area contributed by atoms with Crippen molar-refractivity contribution in [1.82, 2.24) is 10.6 Å². The van der Waals surface area contributed by atoms with Crippen LogP contribution in [0, 0.1) is 10.8 Å². The lowest BCUT2D eigenvalue weighted by molar-refractivity contribution is 0.0628. The van der Waals surface area contributed by atoms with E-state index in [1.54, 1.807) is 6.92 Å². The summed E-state index contributed by atoms with van der Waals surface area (Å²) in [5.74, 6) is 0. The summed E-state index contributed by atoms with van der Waals surface area (Å²) >= 11 is 0. The normalized spacial score (nSPS) is 26.2. The van der Waals surface area contributed by atoms with Crippen molar-refractivity contribution in [2.45, 2.75) is 66.3 Å². The number of amides is 2. The van der Waals surface area contributed by atoms with Crippen LogP contribution in [0.4, 0.5) is 9.59 Å². The molecule has 0 heterocycles. The van der Waals surface area contributed by atoms with Gasteiger partial charge in [-0.3, -0.25) is 0 Å². The van der Waals surface area contributed by atoms with Crippen molar-refractivity contribution in [3.05, 3.63) is 0 Å². The minimum atomic E-state index is -0.385. The number of hydrogen-bond donors (Lipinski definition) is 2. The average molecular weight is 328 g/mol. The van der Waals surface area contributed by atoms with Crippen LogP contribution in [0.1, 0.15) is 60.3 Å². The van der Waals surface area contributed by atoms with Crippen LogP contribution >= 0.6 is 0 Å². The van der Waals surface area contributed by atoms with E-state index in [4.69, 9.17) is 9.47 Å². The molecule has 0 aromatic carbocycles. The monoisotopic (exact) mass is 328 g/mol. The van der Waals surface area contributed by atoms with Gasteiger partial charge >= 0.3 is 12.2 Å². The number of rotatable bonds is 6. The number of carbonyl (C=O) groups excluding carboxylic acids is 2. The average Bonchev–Trinajstić information content (AvgIpc) is 2.41. The van der Waals surface area contributed by atoms with Crippen molar-refractivity contribution in [2.75, 3.05) is 19.8 Å². The zero-order valence-electron chi connectivity index (χ0n) is 15.2. The molecular formula is C17H32N2O4. The van der Waals surface area contributed by atoms with Crippen molar-refractivity contribution in [2.24, 2.45) is 10.8 Å². The van der Waals surface area contributed by atoms with E-state index in [0.717, 1.165) is 25.7 Å². The topological polar surface area (TPSA) is 76.7 Å². The summed E-state index contributed by atoms with van der Waals surface area (Å²) in [6.07, 6.45) is 2.77. The highest BCUT2D eigenvalue weighted by molar-refractivity contribution is 5.68. The molecule has 23 heavy (non-hydrogen) atoms. The first kappa shape index (κ1) is 19.6. The lowest BCUT2D eigenvalue weighted by Gasteiger charge is -2.46. The smallest absolute Gasteiger partial charge is 0.407 e. The summed E-state index contributed by atoms with van der Waals surface area (Å²) in [6.45, 7) is 11.6. The molecular weight excluding hydrogens is 296 g/mol. The molecule has 1 aliphatic rings. The highest BCUT2D eigenvalue weighted by atomic mass is 16.6. The molecule has 134 valence electrons. The Kier molecular flexibility index (Phi) is 7.16. The van der Waals surface area contributed by atoms with Gasteiger partial charge in [-0.15, -0.1) is 0 Å². The maximum Gasteiger partial charge on any atom is 0.407 e. The molecule has 0 aromatic rings. The summed E-state index contributed by atoms with van der Waals surface area (Å²) in [4.78, 5) is 23.4. The molecule has 2 amide bonds. The molecule has 0 aliphatic heterocycles. The lowest BCUT2D eigenvalue weighted by Crippen LogP contribution is -2.50. The Balaban J connectivity index is 2.62. The number of carbonyl (C=O) groups is 2. The van der Waals surface area contributed by atoms with Crippen LogP contribution in [0.15, 0.2) is 0 Å². The second-order valence-corrected chi connectivity index (χ2v) is 7.61. The van der Waals surface area contributed by atoms with Gasteiger partial charge in [0.05, 0.1) is 13.2 Å². The van der Waals surface area contributed by atoms with Crippen molar-refractivity contribution in [3.8, 4) is 0 Å². The molecule has 1 saturated carbocycles. The first-order valence-corrected chi connectivity index (χ1v) is 8.53. The van der Waals surface area contributed by atoms with Crippen molar-refractivity contribution in [1.29, 1.82) is 0 Å². The second kappa shape index (κ2) is 8.41. The first-order chi connectivity index (χ1) is 10.7. The highest BCUT2D eigenvalue weighted by Gasteiger charge is 2.42. The Labute approximate surface area is 139 Å². The van der Waals surface area contributed by atoms with Crippen molar-refractivity contribution >= 4 is 12.2 Å². The quantitative estimate of drug-likeness (QED) is 0.783. The fraction of sp³-hybridized carbons (Fsp3) is 0.882. The van der Waals surface area contributed by atoms with Crippen molar-refractivity contribution in [3.63, 3.8) is 0 Å². The largest absolute Gasteiger partial charge is 0.450 e. The van der Waals surface area contributed by atoms with Gasteiger partial charge in [0.15, 0.2) is 0 Å². The Hall–Kier alpha value is -1.46. The number of nitrogens with one attached hydrogen (secondary N) is 2. The van der Waals surface area contributed by atoms with E-state index in [0.29, 0.717) is 19.8 Å². The van der Waals surface area contributed by atoms with E-state index in [1.165, 1.54) is 0 Å². The molecule has 2 unspecified atom stereocenters. The SMILES string of the molecule is CCCOC(=O)NC1CC(C)(C)CC(C)(CNC(=O)OCC)C1. The van der Waals surface area contributed by atoms with Crippen LogP contribution in [-0.4, -0.2) is 38.0 Å². The fourth-order valence-electron chi connectivity index (χ4n) is 3.74. The van der Waals surface area contributed by atoms with Gasteiger partial charge in [-0.25, -0.2) is 9.59 Å². The minimum Gasteiger partial charge on any atom is -0.450 e. The molecule has 2 N–H and O–H groups in total. The van der Waals surface area contributed by atoms with E-state index in [9.17, 15) is 9.59 Å². The molecule has 0 spiro atoms. The maximum absolute atomic E-state index is 11.8. The van der Waals surface area contributed by atoms with Gasteiger partial charge < -0.3 is 20.1 Å². The summed E-state index contributed by atoms with van der Waals surface area (Å²) in [5, 5.41) is 5.81. The lowest BCUT2D eigenvalue weighted by atomic mass is 9.62. The Morgan fingerprint density at radius 2 is 1.78 bits per heavy atom. The number of hydrogen-bond acceptors (Lipinski definition) is 4. The highest BCUT2D eigenvalue weighted by Crippen LogP contribution is 2.45. The molecule has 6 heteroatoms. The Bertz CT molecular complexity index is 411. The van der Waals surface area contributed by atoms with E-state index in [1.807, 2.05) is 6.92 Å². The van der Waals surface area contributed by atoms with Gasteiger partial charge in [0, 0.05) is 12.6 Å². The summed E-state index contributed by atoms with van der Waals surface area (Å²) < 4.78 is 10.0. The predicted molar refractivity (Wildman–Crippen MR) is 89.3 cm³/mol. The Morgan fingerprint density at radius 3 is 2.39 bits per heavy atom. The molecule has 2 atom stereocenters. The van der Waals surface area contributed by atoms with Gasteiger partial charge in [-0.2, -0.15) is 0 Å². The van der Waals surface area contributed by atoms with Crippen LogP contribution < -0.4 is 10.6 Å². The molecule has 0 bridgehead atoms. The summed E-state index contributed by atoms with van der Waals surface area (Å²) in [7, 11) is 0. The Morgan fingerprint density at radius 1 is 1.09 bits per heavy atom. The second-order valence-electron chi connectivity index (χ2n) is 7.61. The molecule has 1 aliphatic carbocycles. The van der Waals surface area contributed by atoms with Gasteiger partial charge in [0.1, 0.15) is 0 Å². The molecule has 0 radical (unpaired) electrons. The van der Waals surface area contributed by atoms with Gasteiger partial charge in [0.2, 0.25) is 0 Å². The molecule has 1 rings (SSSR count). The molecule has 0 aromatic heterocycles. The maximum atomic E-state index is 11.8. The minimum absolute atomic E-state index is 0.0529. The summed E-state index contributed by atoms with van der Waals surface area (Å²) in [6, 6.07) is 0.0529. The third-order valence-electron chi connectivity index (χ3n) is 4.14. The first-order valence-electron chi connectivity index (χ1n) is 8.53. The molecule has 0 saturated heterocycles. The van der Waals surface area contributed by atoms with Crippen LogP contribution in [0.3, 0.4) is 0 Å². The van der Waals surface area contributed by atoms with E-state index < -0.39 is 0 Å². The van der Waals surface area contributed by atoms with Crippen LogP contribution in [0.25, 0.3) is 0 Å². The van der Waals surface area contributed by atoms with Gasteiger partial charge in [-0.1, -0.05) is 27.7 Å². The van der Waals surface area contributed by atoms with E-state index >= 15 is 0 Å². The number of alkyl carbamates (subject to hydrolysis) is 2. The zero-order chi connectivity index (χ0) is 17.5. The predicted octanol–water partition coefficient (Wildman–Crippen LogP) is 3.45. The van der Waals surface area contributed by atoms with E-state index in [2.05, 4.69) is 31.4 Å². The van der Waals surface area contributed by atoms with E-state index in [-0.39, 0.29) is 29.1 Å².